The number of benzene rings is 1. The van der Waals surface area contributed by atoms with Crippen molar-refractivity contribution in [2.24, 2.45) is 0 Å². The zero-order chi connectivity index (χ0) is 15.8. The van der Waals surface area contributed by atoms with Gasteiger partial charge in [0, 0.05) is 0 Å². The van der Waals surface area contributed by atoms with Gasteiger partial charge in [-0.05, 0) is 31.9 Å². The van der Waals surface area contributed by atoms with Gasteiger partial charge < -0.3 is 5.11 Å². The average molecular weight is 326 g/mol. The molecule has 0 fully saturated rings. The van der Waals surface area contributed by atoms with Crippen molar-refractivity contribution >= 4 is 33.0 Å². The summed E-state index contributed by atoms with van der Waals surface area (Å²) in [5.41, 5.74) is 3.78. The highest BCUT2D eigenvalue weighted by Gasteiger charge is 2.26. The summed E-state index contributed by atoms with van der Waals surface area (Å²) in [4.78, 5) is 14.6. The van der Waals surface area contributed by atoms with Gasteiger partial charge in [-0.3, -0.25) is 4.72 Å². The molecule has 1 heterocycles. The number of carboxylic acid groups (broad SMARTS) is 1. The first-order valence-electron chi connectivity index (χ1n) is 6.00. The minimum absolute atomic E-state index is 0.297. The Balaban J connectivity index is 2.48. The van der Waals surface area contributed by atoms with Crippen molar-refractivity contribution in [2.45, 2.75) is 25.0 Å². The smallest absolute Gasteiger partial charge is 0.356 e. The van der Waals surface area contributed by atoms with Crippen LogP contribution in [-0.2, 0) is 10.0 Å². The average Bonchev–Trinajstić information content (AvgIpc) is 2.83. The summed E-state index contributed by atoms with van der Waals surface area (Å²) in [6.07, 6.45) is 0. The highest BCUT2D eigenvalue weighted by Crippen LogP contribution is 2.27. The minimum Gasteiger partial charge on any atom is -0.476 e. The first-order valence-corrected chi connectivity index (χ1v) is 8.36. The van der Waals surface area contributed by atoms with Crippen molar-refractivity contribution < 1.29 is 18.3 Å². The highest BCUT2D eigenvalue weighted by molar-refractivity contribution is 7.94. The van der Waals surface area contributed by atoms with Crippen LogP contribution in [0.2, 0.25) is 0 Å². The first-order chi connectivity index (χ1) is 9.72. The van der Waals surface area contributed by atoms with Crippen molar-refractivity contribution in [3.8, 4) is 0 Å². The third kappa shape index (κ3) is 3.06. The normalized spacial score (nSPS) is 11.4. The molecule has 1 aromatic heterocycles. The number of aryl methyl sites for hydroxylation is 3. The number of anilines is 1. The molecule has 2 aromatic rings. The Labute approximate surface area is 126 Å². The van der Waals surface area contributed by atoms with Gasteiger partial charge in [0.05, 0.1) is 11.2 Å². The zero-order valence-corrected chi connectivity index (χ0v) is 13.3. The van der Waals surface area contributed by atoms with Crippen LogP contribution in [0.25, 0.3) is 0 Å². The summed E-state index contributed by atoms with van der Waals surface area (Å²) in [5.74, 6) is -1.37. The molecule has 2 N–H and O–H groups in total. The van der Waals surface area contributed by atoms with E-state index in [9.17, 15) is 13.2 Å². The predicted octanol–water partition coefficient (Wildman–Crippen LogP) is 2.57. The first kappa shape index (κ1) is 15.5. The summed E-state index contributed by atoms with van der Waals surface area (Å²) >= 11 is 0.777. The lowest BCUT2D eigenvalue weighted by Gasteiger charge is -2.13. The summed E-state index contributed by atoms with van der Waals surface area (Å²) in [7, 11) is -3.98. The SMILES string of the molecule is Cc1cc(C)c(NS(=O)(=O)c2scnc2C(=O)O)c(C)c1. The Hall–Kier alpha value is -1.93. The molecule has 0 aliphatic carbocycles. The quantitative estimate of drug-likeness (QED) is 0.900. The number of aromatic carboxylic acids is 1. The summed E-state index contributed by atoms with van der Waals surface area (Å²) in [5, 5.41) is 8.98. The van der Waals surface area contributed by atoms with E-state index in [1.165, 1.54) is 5.51 Å². The Morgan fingerprint density at radius 2 is 1.81 bits per heavy atom. The number of hydrogen-bond acceptors (Lipinski definition) is 5. The Bertz CT molecular complexity index is 786. The van der Waals surface area contributed by atoms with Gasteiger partial charge in [-0.15, -0.1) is 11.3 Å². The lowest BCUT2D eigenvalue weighted by Crippen LogP contribution is -2.16. The highest BCUT2D eigenvalue weighted by atomic mass is 32.2. The number of carbonyl (C=O) groups is 1. The van der Waals surface area contributed by atoms with E-state index < -0.39 is 21.7 Å². The maximum Gasteiger partial charge on any atom is 0.356 e. The molecule has 0 aliphatic rings. The molecule has 0 amide bonds. The van der Waals surface area contributed by atoms with Gasteiger partial charge in [0.25, 0.3) is 10.0 Å². The van der Waals surface area contributed by atoms with E-state index in [4.69, 9.17) is 5.11 Å². The van der Waals surface area contributed by atoms with Gasteiger partial charge in [-0.1, -0.05) is 17.7 Å². The van der Waals surface area contributed by atoms with Crippen LogP contribution < -0.4 is 4.72 Å². The molecular formula is C13H14N2O4S2. The lowest BCUT2D eigenvalue weighted by atomic mass is 10.1. The third-order valence-electron chi connectivity index (χ3n) is 2.90. The Morgan fingerprint density at radius 3 is 2.33 bits per heavy atom. The maximum absolute atomic E-state index is 12.4. The van der Waals surface area contributed by atoms with Crippen molar-refractivity contribution in [2.75, 3.05) is 4.72 Å². The van der Waals surface area contributed by atoms with Gasteiger partial charge in [-0.2, -0.15) is 0 Å². The van der Waals surface area contributed by atoms with E-state index in [2.05, 4.69) is 9.71 Å². The second-order valence-corrected chi connectivity index (χ2v) is 7.41. The summed E-state index contributed by atoms with van der Waals surface area (Å²) in [6, 6.07) is 3.71. The van der Waals surface area contributed by atoms with E-state index in [-0.39, 0.29) is 4.21 Å². The fraction of sp³-hybridized carbons (Fsp3) is 0.231. The second-order valence-electron chi connectivity index (χ2n) is 4.67. The standard InChI is InChI=1S/C13H14N2O4S2/c1-7-4-8(2)10(9(3)5-7)15-21(18,19)13-11(12(16)17)14-6-20-13/h4-6,15H,1-3H3,(H,16,17). The monoisotopic (exact) mass is 326 g/mol. The molecule has 6 nitrogen and oxygen atoms in total. The van der Waals surface area contributed by atoms with Crippen LogP contribution in [0.3, 0.4) is 0 Å². The number of aromatic nitrogens is 1. The zero-order valence-electron chi connectivity index (χ0n) is 11.7. The number of hydrogen-bond donors (Lipinski definition) is 2. The van der Waals surface area contributed by atoms with Crippen molar-refractivity contribution in [1.29, 1.82) is 0 Å². The number of carboxylic acids is 1. The molecule has 8 heteroatoms. The van der Waals surface area contributed by atoms with Gasteiger partial charge in [-0.25, -0.2) is 18.2 Å². The largest absolute Gasteiger partial charge is 0.476 e. The molecule has 0 bridgehead atoms. The molecule has 0 atom stereocenters. The van der Waals surface area contributed by atoms with Crippen LogP contribution in [0.15, 0.2) is 21.9 Å². The number of sulfonamides is 1. The summed E-state index contributed by atoms with van der Waals surface area (Å²) < 4.78 is 26.9. The number of thiazole rings is 1. The van der Waals surface area contributed by atoms with E-state index in [1.54, 1.807) is 13.8 Å². The minimum atomic E-state index is -3.98. The molecule has 21 heavy (non-hydrogen) atoms. The third-order valence-corrected chi connectivity index (χ3v) is 5.61. The Kier molecular flexibility index (Phi) is 4.02. The molecule has 0 saturated heterocycles. The summed E-state index contributed by atoms with van der Waals surface area (Å²) in [6.45, 7) is 5.51. The molecule has 2 rings (SSSR count). The number of nitrogens with one attached hydrogen (secondary N) is 1. The topological polar surface area (TPSA) is 96.4 Å². The number of rotatable bonds is 4. The maximum atomic E-state index is 12.4. The molecule has 0 radical (unpaired) electrons. The van der Waals surface area contributed by atoms with Crippen LogP contribution in [0, 0.1) is 20.8 Å². The molecular weight excluding hydrogens is 312 g/mol. The van der Waals surface area contributed by atoms with Crippen LogP contribution in [-0.4, -0.2) is 24.5 Å². The Morgan fingerprint density at radius 1 is 1.24 bits per heavy atom. The van der Waals surface area contributed by atoms with Crippen LogP contribution in [0.1, 0.15) is 27.2 Å². The van der Waals surface area contributed by atoms with E-state index in [0.29, 0.717) is 5.69 Å². The predicted molar refractivity (Wildman–Crippen MR) is 80.5 cm³/mol. The van der Waals surface area contributed by atoms with Gasteiger partial charge in [0.2, 0.25) is 0 Å². The fourth-order valence-corrected chi connectivity index (χ4v) is 4.43. The molecule has 0 spiro atoms. The molecule has 1 aromatic carbocycles. The van der Waals surface area contributed by atoms with Gasteiger partial charge in [0.1, 0.15) is 0 Å². The molecule has 112 valence electrons. The van der Waals surface area contributed by atoms with Crippen LogP contribution in [0.5, 0.6) is 0 Å². The molecule has 0 saturated carbocycles. The van der Waals surface area contributed by atoms with Crippen molar-refractivity contribution in [1.82, 2.24) is 4.98 Å². The number of nitrogens with zero attached hydrogens (tertiary/aromatic N) is 1. The second kappa shape index (κ2) is 5.45. The lowest BCUT2D eigenvalue weighted by molar-refractivity contribution is 0.0687. The van der Waals surface area contributed by atoms with Gasteiger partial charge in [0.15, 0.2) is 9.90 Å². The van der Waals surface area contributed by atoms with Crippen molar-refractivity contribution in [3.63, 3.8) is 0 Å². The molecule has 0 aliphatic heterocycles. The fourth-order valence-electron chi connectivity index (χ4n) is 2.09. The molecule has 0 unspecified atom stereocenters. The van der Waals surface area contributed by atoms with E-state index in [0.717, 1.165) is 28.0 Å². The van der Waals surface area contributed by atoms with Crippen molar-refractivity contribution in [3.05, 3.63) is 40.0 Å². The van der Waals surface area contributed by atoms with E-state index >= 15 is 0 Å². The van der Waals surface area contributed by atoms with Crippen LogP contribution >= 0.6 is 11.3 Å². The van der Waals surface area contributed by atoms with Gasteiger partial charge >= 0.3 is 5.97 Å². The van der Waals surface area contributed by atoms with E-state index in [1.807, 2.05) is 19.1 Å². The van der Waals surface area contributed by atoms with Crippen LogP contribution in [0.4, 0.5) is 5.69 Å².